The van der Waals surface area contributed by atoms with Gasteiger partial charge in [0.15, 0.2) is 0 Å². The zero-order chi connectivity index (χ0) is 11.9. The van der Waals surface area contributed by atoms with E-state index in [9.17, 15) is 0 Å². The van der Waals surface area contributed by atoms with Crippen molar-refractivity contribution in [3.63, 3.8) is 0 Å². The predicted octanol–water partition coefficient (Wildman–Crippen LogP) is 3.42. The molecule has 2 nitrogen and oxygen atoms in total. The van der Waals surface area contributed by atoms with Crippen LogP contribution < -0.4 is 10.5 Å². The van der Waals surface area contributed by atoms with Crippen LogP contribution in [0.2, 0.25) is 0 Å². The molecule has 17 heavy (non-hydrogen) atoms. The lowest BCUT2D eigenvalue weighted by atomic mass is 9.85. The Kier molecular flexibility index (Phi) is 2.62. The van der Waals surface area contributed by atoms with Gasteiger partial charge in [-0.2, -0.15) is 0 Å². The molecule has 0 radical (unpaired) electrons. The lowest BCUT2D eigenvalue weighted by Crippen LogP contribution is -2.40. The van der Waals surface area contributed by atoms with E-state index in [0.29, 0.717) is 0 Å². The van der Waals surface area contributed by atoms with Crippen LogP contribution in [0.3, 0.4) is 0 Å². The van der Waals surface area contributed by atoms with Gasteiger partial charge in [0.2, 0.25) is 0 Å². The highest BCUT2D eigenvalue weighted by molar-refractivity contribution is 5.38. The molecule has 1 aliphatic carbocycles. The van der Waals surface area contributed by atoms with Crippen LogP contribution in [0.4, 0.5) is 0 Å². The van der Waals surface area contributed by atoms with Crippen molar-refractivity contribution in [2.45, 2.75) is 50.7 Å². The van der Waals surface area contributed by atoms with Crippen molar-refractivity contribution >= 4 is 0 Å². The SMILES string of the molecule is CCC1CCC2(C1)C[C@H](N)c1ccccc1O2. The molecular formula is C15H21NO. The first-order valence-electron chi connectivity index (χ1n) is 6.76. The van der Waals surface area contributed by atoms with E-state index in [1.807, 2.05) is 12.1 Å². The summed E-state index contributed by atoms with van der Waals surface area (Å²) in [6.45, 7) is 2.28. The Hall–Kier alpha value is -1.02. The van der Waals surface area contributed by atoms with Gasteiger partial charge >= 0.3 is 0 Å². The molecule has 1 spiro atoms. The van der Waals surface area contributed by atoms with Crippen LogP contribution in [0.1, 0.15) is 50.6 Å². The van der Waals surface area contributed by atoms with Crippen molar-refractivity contribution in [3.8, 4) is 5.75 Å². The number of nitrogens with two attached hydrogens (primary N) is 1. The monoisotopic (exact) mass is 231 g/mol. The van der Waals surface area contributed by atoms with Gasteiger partial charge in [-0.15, -0.1) is 0 Å². The first-order valence-corrected chi connectivity index (χ1v) is 6.76. The number of hydrogen-bond acceptors (Lipinski definition) is 2. The fraction of sp³-hybridized carbons (Fsp3) is 0.600. The molecule has 1 fully saturated rings. The minimum atomic E-state index is 0.0362. The molecule has 2 N–H and O–H groups in total. The average Bonchev–Trinajstić information content (AvgIpc) is 2.72. The number of fused-ring (bicyclic) bond motifs is 1. The van der Waals surface area contributed by atoms with Crippen molar-refractivity contribution in [2.24, 2.45) is 11.7 Å². The smallest absolute Gasteiger partial charge is 0.124 e. The maximum absolute atomic E-state index is 6.31. The molecule has 2 unspecified atom stereocenters. The molecular weight excluding hydrogens is 210 g/mol. The molecule has 2 heteroatoms. The molecule has 0 aromatic heterocycles. The number of benzene rings is 1. The molecule has 0 amide bonds. The minimum absolute atomic E-state index is 0.0362. The van der Waals surface area contributed by atoms with Gasteiger partial charge < -0.3 is 10.5 Å². The second-order valence-electron chi connectivity index (χ2n) is 5.65. The van der Waals surface area contributed by atoms with Gasteiger partial charge in [-0.3, -0.25) is 0 Å². The summed E-state index contributed by atoms with van der Waals surface area (Å²) in [5.74, 6) is 1.84. The van der Waals surface area contributed by atoms with Gasteiger partial charge in [0, 0.05) is 18.0 Å². The first-order chi connectivity index (χ1) is 8.22. The van der Waals surface area contributed by atoms with E-state index >= 15 is 0 Å². The van der Waals surface area contributed by atoms with Crippen LogP contribution in [-0.4, -0.2) is 5.60 Å². The third-order valence-electron chi connectivity index (χ3n) is 4.48. The Morgan fingerprint density at radius 1 is 1.35 bits per heavy atom. The quantitative estimate of drug-likeness (QED) is 0.803. The lowest BCUT2D eigenvalue weighted by molar-refractivity contribution is 0.0385. The Labute approximate surface area is 103 Å². The molecule has 2 aliphatic rings. The van der Waals surface area contributed by atoms with E-state index in [-0.39, 0.29) is 11.6 Å². The van der Waals surface area contributed by atoms with E-state index in [2.05, 4.69) is 19.1 Å². The van der Waals surface area contributed by atoms with Crippen LogP contribution in [0.5, 0.6) is 5.75 Å². The summed E-state index contributed by atoms with van der Waals surface area (Å²) in [5, 5.41) is 0. The second kappa shape index (κ2) is 4.02. The molecule has 0 saturated heterocycles. The Balaban J connectivity index is 1.89. The highest BCUT2D eigenvalue weighted by Crippen LogP contribution is 2.48. The van der Waals surface area contributed by atoms with Gasteiger partial charge in [-0.25, -0.2) is 0 Å². The normalized spacial score (nSPS) is 35.6. The fourth-order valence-electron chi connectivity index (χ4n) is 3.49. The predicted molar refractivity (Wildman–Crippen MR) is 69.0 cm³/mol. The van der Waals surface area contributed by atoms with E-state index in [0.717, 1.165) is 18.1 Å². The van der Waals surface area contributed by atoms with Crippen molar-refractivity contribution in [1.82, 2.24) is 0 Å². The number of hydrogen-bond donors (Lipinski definition) is 1. The summed E-state index contributed by atoms with van der Waals surface area (Å²) >= 11 is 0. The van der Waals surface area contributed by atoms with Crippen LogP contribution >= 0.6 is 0 Å². The number of para-hydroxylation sites is 1. The molecule has 3 rings (SSSR count). The van der Waals surface area contributed by atoms with Gasteiger partial charge in [0.05, 0.1) is 0 Å². The van der Waals surface area contributed by atoms with E-state index in [1.165, 1.54) is 31.2 Å². The van der Waals surface area contributed by atoms with E-state index < -0.39 is 0 Å². The summed E-state index contributed by atoms with van der Waals surface area (Å²) in [5.41, 5.74) is 7.52. The molecule has 1 heterocycles. The van der Waals surface area contributed by atoms with Gasteiger partial charge in [0.1, 0.15) is 11.4 Å². The Morgan fingerprint density at radius 2 is 2.18 bits per heavy atom. The zero-order valence-corrected chi connectivity index (χ0v) is 10.5. The first kappa shape index (κ1) is 11.1. The molecule has 3 atom stereocenters. The van der Waals surface area contributed by atoms with Crippen molar-refractivity contribution in [1.29, 1.82) is 0 Å². The maximum Gasteiger partial charge on any atom is 0.124 e. The van der Waals surface area contributed by atoms with E-state index in [1.54, 1.807) is 0 Å². The molecule has 1 aliphatic heterocycles. The third-order valence-corrected chi connectivity index (χ3v) is 4.48. The standard InChI is InChI=1S/C15H21NO/c1-2-11-7-8-15(9-11)10-13(16)12-5-3-4-6-14(12)17-15/h3-6,11,13H,2,7-10,16H2,1H3/t11?,13-,15?/m0/s1. The van der Waals surface area contributed by atoms with Crippen LogP contribution in [0, 0.1) is 5.92 Å². The van der Waals surface area contributed by atoms with Crippen LogP contribution in [-0.2, 0) is 0 Å². The molecule has 1 saturated carbocycles. The van der Waals surface area contributed by atoms with Crippen molar-refractivity contribution in [3.05, 3.63) is 29.8 Å². The van der Waals surface area contributed by atoms with Crippen LogP contribution in [0.15, 0.2) is 24.3 Å². The summed E-state index contributed by atoms with van der Waals surface area (Å²) < 4.78 is 6.30. The summed E-state index contributed by atoms with van der Waals surface area (Å²) in [7, 11) is 0. The average molecular weight is 231 g/mol. The largest absolute Gasteiger partial charge is 0.487 e. The summed E-state index contributed by atoms with van der Waals surface area (Å²) in [6.07, 6.45) is 5.91. The van der Waals surface area contributed by atoms with Gasteiger partial charge in [0.25, 0.3) is 0 Å². The minimum Gasteiger partial charge on any atom is -0.487 e. The molecule has 92 valence electrons. The topological polar surface area (TPSA) is 35.2 Å². The molecule has 1 aromatic rings. The maximum atomic E-state index is 6.31. The third kappa shape index (κ3) is 1.85. The zero-order valence-electron chi connectivity index (χ0n) is 10.5. The Morgan fingerprint density at radius 3 is 2.94 bits per heavy atom. The van der Waals surface area contributed by atoms with Gasteiger partial charge in [-0.05, 0) is 31.2 Å². The van der Waals surface area contributed by atoms with Crippen LogP contribution in [0.25, 0.3) is 0 Å². The number of ether oxygens (including phenoxy) is 1. The highest BCUT2D eigenvalue weighted by Gasteiger charge is 2.44. The number of rotatable bonds is 1. The van der Waals surface area contributed by atoms with Crippen molar-refractivity contribution < 1.29 is 4.74 Å². The second-order valence-corrected chi connectivity index (χ2v) is 5.65. The van der Waals surface area contributed by atoms with Crippen molar-refractivity contribution in [2.75, 3.05) is 0 Å². The molecule has 1 aromatic carbocycles. The molecule has 0 bridgehead atoms. The Bertz CT molecular complexity index is 417. The fourth-order valence-corrected chi connectivity index (χ4v) is 3.49. The highest BCUT2D eigenvalue weighted by atomic mass is 16.5. The van der Waals surface area contributed by atoms with Gasteiger partial charge in [-0.1, -0.05) is 31.5 Å². The summed E-state index contributed by atoms with van der Waals surface area (Å²) in [6, 6.07) is 8.39. The lowest BCUT2D eigenvalue weighted by Gasteiger charge is -2.39. The van der Waals surface area contributed by atoms with E-state index in [4.69, 9.17) is 10.5 Å². The summed E-state index contributed by atoms with van der Waals surface area (Å²) in [4.78, 5) is 0.